The molecule has 102 valence electrons. The van der Waals surface area contributed by atoms with Crippen molar-refractivity contribution in [1.29, 1.82) is 0 Å². The third kappa shape index (κ3) is 2.42. The molecule has 0 fully saturated rings. The maximum absolute atomic E-state index is 14.3. The molecule has 1 aromatic heterocycles. The van der Waals surface area contributed by atoms with Gasteiger partial charge in [0.2, 0.25) is 0 Å². The SMILES string of the molecule is CC1(C)CNCC=C1c1c(F)ccc2ccsc12.Cl. The van der Waals surface area contributed by atoms with Gasteiger partial charge >= 0.3 is 0 Å². The molecule has 1 aliphatic rings. The zero-order valence-electron chi connectivity index (χ0n) is 11.0. The van der Waals surface area contributed by atoms with Crippen LogP contribution in [0.15, 0.2) is 29.7 Å². The summed E-state index contributed by atoms with van der Waals surface area (Å²) in [6.45, 7) is 6.04. The first-order chi connectivity index (χ1) is 8.59. The van der Waals surface area contributed by atoms with E-state index in [4.69, 9.17) is 0 Å². The van der Waals surface area contributed by atoms with Crippen LogP contribution in [0.1, 0.15) is 19.4 Å². The minimum Gasteiger partial charge on any atom is -0.312 e. The standard InChI is InChI=1S/C15H16FNS.ClH/c1-15(2)9-17-7-5-11(15)13-12(16)4-3-10-6-8-18-14(10)13;/h3-6,8,17H,7,9H2,1-2H3;1H. The molecule has 4 heteroatoms. The highest BCUT2D eigenvalue weighted by Crippen LogP contribution is 2.41. The van der Waals surface area contributed by atoms with Crippen LogP contribution < -0.4 is 5.32 Å². The number of fused-ring (bicyclic) bond motifs is 1. The van der Waals surface area contributed by atoms with Crippen LogP contribution in [0.4, 0.5) is 4.39 Å². The second kappa shape index (κ2) is 5.23. The first kappa shape index (κ1) is 14.5. The number of nitrogens with one attached hydrogen (secondary N) is 1. The van der Waals surface area contributed by atoms with Gasteiger partial charge in [0.1, 0.15) is 5.82 Å². The van der Waals surface area contributed by atoms with Gasteiger partial charge in [-0.2, -0.15) is 0 Å². The van der Waals surface area contributed by atoms with Crippen LogP contribution in [0, 0.1) is 11.2 Å². The number of hydrogen-bond acceptors (Lipinski definition) is 2. The summed E-state index contributed by atoms with van der Waals surface area (Å²) in [5.41, 5.74) is 1.90. The lowest BCUT2D eigenvalue weighted by Gasteiger charge is -2.33. The fourth-order valence-corrected chi connectivity index (χ4v) is 3.58. The molecule has 0 radical (unpaired) electrons. The molecule has 2 heterocycles. The van der Waals surface area contributed by atoms with Gasteiger partial charge in [0, 0.05) is 28.8 Å². The average molecular weight is 298 g/mol. The Morgan fingerprint density at radius 1 is 1.26 bits per heavy atom. The highest BCUT2D eigenvalue weighted by Gasteiger charge is 2.29. The van der Waals surface area contributed by atoms with Gasteiger partial charge in [-0.3, -0.25) is 0 Å². The van der Waals surface area contributed by atoms with E-state index >= 15 is 0 Å². The predicted molar refractivity (Wildman–Crippen MR) is 83.7 cm³/mol. The summed E-state index contributed by atoms with van der Waals surface area (Å²) in [4.78, 5) is 0. The van der Waals surface area contributed by atoms with E-state index in [1.165, 1.54) is 0 Å². The second-order valence-corrected chi connectivity index (χ2v) is 6.31. The summed E-state index contributed by atoms with van der Waals surface area (Å²) in [5, 5.41) is 6.50. The van der Waals surface area contributed by atoms with E-state index in [9.17, 15) is 4.39 Å². The van der Waals surface area contributed by atoms with Crippen molar-refractivity contribution in [3.8, 4) is 0 Å². The molecule has 0 saturated carbocycles. The Bertz CT molecular complexity index is 630. The van der Waals surface area contributed by atoms with Gasteiger partial charge in [-0.25, -0.2) is 4.39 Å². The van der Waals surface area contributed by atoms with Crippen LogP contribution in [-0.2, 0) is 0 Å². The van der Waals surface area contributed by atoms with Crippen LogP contribution in [-0.4, -0.2) is 13.1 Å². The number of benzene rings is 1. The molecule has 0 atom stereocenters. The number of halogens is 2. The largest absolute Gasteiger partial charge is 0.312 e. The van der Waals surface area contributed by atoms with Crippen molar-refractivity contribution in [2.75, 3.05) is 13.1 Å². The van der Waals surface area contributed by atoms with Crippen molar-refractivity contribution >= 4 is 39.4 Å². The van der Waals surface area contributed by atoms with Crippen LogP contribution in [0.25, 0.3) is 15.7 Å². The Hall–Kier alpha value is -0.900. The summed E-state index contributed by atoms with van der Waals surface area (Å²) in [5.74, 6) is -0.105. The second-order valence-electron chi connectivity index (χ2n) is 5.39. The molecule has 0 unspecified atom stereocenters. The first-order valence-electron chi connectivity index (χ1n) is 6.17. The van der Waals surface area contributed by atoms with Gasteiger partial charge in [-0.1, -0.05) is 26.0 Å². The molecule has 1 N–H and O–H groups in total. The molecule has 1 aliphatic heterocycles. The van der Waals surface area contributed by atoms with Gasteiger partial charge in [0.15, 0.2) is 0 Å². The van der Waals surface area contributed by atoms with E-state index in [-0.39, 0.29) is 23.6 Å². The summed E-state index contributed by atoms with van der Waals surface area (Å²) in [6.07, 6.45) is 2.13. The van der Waals surface area contributed by atoms with Gasteiger partial charge in [-0.15, -0.1) is 23.7 Å². The van der Waals surface area contributed by atoms with E-state index in [1.54, 1.807) is 17.4 Å². The fraction of sp³-hybridized carbons (Fsp3) is 0.333. The third-order valence-corrected chi connectivity index (χ3v) is 4.53. The van der Waals surface area contributed by atoms with E-state index in [1.807, 2.05) is 11.4 Å². The molecule has 1 nitrogen and oxygen atoms in total. The lowest BCUT2D eigenvalue weighted by atomic mass is 9.78. The van der Waals surface area contributed by atoms with E-state index in [0.717, 1.165) is 34.3 Å². The molecule has 0 amide bonds. The van der Waals surface area contributed by atoms with Crippen molar-refractivity contribution in [3.63, 3.8) is 0 Å². The first-order valence-corrected chi connectivity index (χ1v) is 7.05. The topological polar surface area (TPSA) is 12.0 Å². The Morgan fingerprint density at radius 2 is 2.05 bits per heavy atom. The molecule has 1 aromatic carbocycles. The average Bonchev–Trinajstić information content (AvgIpc) is 2.78. The molecule has 19 heavy (non-hydrogen) atoms. The predicted octanol–water partition coefficient (Wildman–Crippen LogP) is 4.48. The zero-order chi connectivity index (χ0) is 12.8. The molecule has 0 spiro atoms. The van der Waals surface area contributed by atoms with Gasteiger partial charge in [-0.05, 0) is 28.5 Å². The van der Waals surface area contributed by atoms with Crippen LogP contribution in [0.2, 0.25) is 0 Å². The number of thiophene rings is 1. The summed E-state index contributed by atoms with van der Waals surface area (Å²) in [6, 6.07) is 5.50. The monoisotopic (exact) mass is 297 g/mol. The Morgan fingerprint density at radius 3 is 2.79 bits per heavy atom. The van der Waals surface area contributed by atoms with E-state index in [2.05, 4.69) is 31.3 Å². The summed E-state index contributed by atoms with van der Waals surface area (Å²) >= 11 is 1.62. The molecule has 0 bridgehead atoms. The Kier molecular flexibility index (Phi) is 4.00. The summed E-state index contributed by atoms with van der Waals surface area (Å²) in [7, 11) is 0. The molecular formula is C15H17ClFNS. The van der Waals surface area contributed by atoms with Crippen LogP contribution in [0.5, 0.6) is 0 Å². The molecule has 2 aromatic rings. The number of rotatable bonds is 1. The summed E-state index contributed by atoms with van der Waals surface area (Å²) < 4.78 is 15.3. The van der Waals surface area contributed by atoms with Crippen molar-refractivity contribution in [2.45, 2.75) is 13.8 Å². The van der Waals surface area contributed by atoms with E-state index in [0.29, 0.717) is 0 Å². The highest BCUT2D eigenvalue weighted by molar-refractivity contribution is 7.17. The van der Waals surface area contributed by atoms with Crippen molar-refractivity contribution < 1.29 is 4.39 Å². The Labute approximate surface area is 122 Å². The fourth-order valence-electron chi connectivity index (χ4n) is 2.63. The van der Waals surface area contributed by atoms with Crippen LogP contribution in [0.3, 0.4) is 0 Å². The van der Waals surface area contributed by atoms with Crippen LogP contribution >= 0.6 is 23.7 Å². The lowest BCUT2D eigenvalue weighted by Crippen LogP contribution is -2.35. The lowest BCUT2D eigenvalue weighted by molar-refractivity contribution is 0.443. The highest BCUT2D eigenvalue weighted by atomic mass is 35.5. The maximum atomic E-state index is 14.3. The molecule has 0 aliphatic carbocycles. The van der Waals surface area contributed by atoms with E-state index < -0.39 is 0 Å². The third-order valence-electron chi connectivity index (χ3n) is 3.59. The molecule has 3 rings (SSSR count). The Balaban J connectivity index is 0.00000133. The van der Waals surface area contributed by atoms with Crippen molar-refractivity contribution in [2.24, 2.45) is 5.41 Å². The van der Waals surface area contributed by atoms with Gasteiger partial charge in [0.25, 0.3) is 0 Å². The minimum atomic E-state index is -0.105. The quantitative estimate of drug-likeness (QED) is 0.818. The zero-order valence-corrected chi connectivity index (χ0v) is 12.6. The van der Waals surface area contributed by atoms with Crippen molar-refractivity contribution in [3.05, 3.63) is 41.0 Å². The minimum absolute atomic E-state index is 0. The number of hydrogen-bond donors (Lipinski definition) is 1. The maximum Gasteiger partial charge on any atom is 0.132 e. The normalized spacial score (nSPS) is 17.9. The molecular weight excluding hydrogens is 281 g/mol. The molecule has 0 saturated heterocycles. The van der Waals surface area contributed by atoms with Gasteiger partial charge in [0.05, 0.1) is 0 Å². The smallest absolute Gasteiger partial charge is 0.132 e. The van der Waals surface area contributed by atoms with Gasteiger partial charge < -0.3 is 5.32 Å². The van der Waals surface area contributed by atoms with Crippen molar-refractivity contribution in [1.82, 2.24) is 5.32 Å².